The first-order valence-electron chi connectivity index (χ1n) is 6.38. The van der Waals surface area contributed by atoms with Gasteiger partial charge in [0.1, 0.15) is 11.6 Å². The summed E-state index contributed by atoms with van der Waals surface area (Å²) in [5, 5.41) is 12.6. The van der Waals surface area contributed by atoms with E-state index in [-0.39, 0.29) is 0 Å². The van der Waals surface area contributed by atoms with Gasteiger partial charge in [0.15, 0.2) is 11.5 Å². The highest BCUT2D eigenvalue weighted by molar-refractivity contribution is 5.45. The van der Waals surface area contributed by atoms with Gasteiger partial charge in [-0.05, 0) is 32.9 Å². The number of fused-ring (bicyclic) bond motifs is 1. The molecule has 0 aliphatic heterocycles. The smallest absolute Gasteiger partial charge is 0.176 e. The molecule has 0 unspecified atom stereocenters. The molecule has 0 saturated heterocycles. The van der Waals surface area contributed by atoms with Gasteiger partial charge in [0.2, 0.25) is 0 Å². The van der Waals surface area contributed by atoms with E-state index in [1.807, 2.05) is 44.9 Å². The average Bonchev–Trinajstić information content (AvgIpc) is 2.93. The van der Waals surface area contributed by atoms with Gasteiger partial charge in [-0.1, -0.05) is 5.16 Å². The summed E-state index contributed by atoms with van der Waals surface area (Å²) in [4.78, 5) is 6.29. The molecule has 0 aliphatic carbocycles. The van der Waals surface area contributed by atoms with Gasteiger partial charge in [-0.3, -0.25) is 0 Å². The predicted molar refractivity (Wildman–Crippen MR) is 73.6 cm³/mol. The molecule has 7 heteroatoms. The van der Waals surface area contributed by atoms with E-state index < -0.39 is 0 Å². The summed E-state index contributed by atoms with van der Waals surface area (Å²) in [6, 6.07) is 3.84. The zero-order valence-electron chi connectivity index (χ0n) is 12.0. The van der Waals surface area contributed by atoms with Gasteiger partial charge >= 0.3 is 0 Å². The molecule has 3 rings (SSSR count). The Balaban J connectivity index is 1.90. The van der Waals surface area contributed by atoms with E-state index in [1.165, 1.54) is 0 Å². The van der Waals surface area contributed by atoms with Gasteiger partial charge in [-0.2, -0.15) is 0 Å². The maximum Gasteiger partial charge on any atom is 0.176 e. The summed E-state index contributed by atoms with van der Waals surface area (Å²) in [6.45, 7) is 6.40. The molecular weight excluding hydrogens is 256 g/mol. The molecule has 0 bridgehead atoms. The highest BCUT2D eigenvalue weighted by Crippen LogP contribution is 2.18. The fourth-order valence-electron chi connectivity index (χ4n) is 2.13. The van der Waals surface area contributed by atoms with Gasteiger partial charge in [-0.25, -0.2) is 4.98 Å². The first-order valence-corrected chi connectivity index (χ1v) is 6.38. The van der Waals surface area contributed by atoms with Crippen LogP contribution in [0.25, 0.3) is 5.65 Å². The van der Waals surface area contributed by atoms with Crippen molar-refractivity contribution in [3.8, 4) is 0 Å². The van der Waals surface area contributed by atoms with Crippen LogP contribution in [0.1, 0.15) is 22.8 Å². The van der Waals surface area contributed by atoms with E-state index >= 15 is 0 Å². The molecule has 0 saturated carbocycles. The molecule has 7 nitrogen and oxygen atoms in total. The molecule has 0 atom stereocenters. The van der Waals surface area contributed by atoms with Crippen LogP contribution in [0.5, 0.6) is 0 Å². The van der Waals surface area contributed by atoms with Gasteiger partial charge in [0, 0.05) is 19.2 Å². The fraction of sp³-hybridized carbons (Fsp3) is 0.385. The Morgan fingerprint density at radius 2 is 2.00 bits per heavy atom. The first kappa shape index (κ1) is 12.6. The number of anilines is 1. The van der Waals surface area contributed by atoms with E-state index in [0.29, 0.717) is 12.4 Å². The second kappa shape index (κ2) is 4.59. The van der Waals surface area contributed by atoms with Crippen molar-refractivity contribution in [2.75, 3.05) is 11.9 Å². The lowest BCUT2D eigenvalue weighted by Crippen LogP contribution is -2.19. The highest BCUT2D eigenvalue weighted by Gasteiger charge is 2.13. The Labute approximate surface area is 116 Å². The maximum atomic E-state index is 5.18. The molecule has 3 aromatic heterocycles. The molecule has 0 N–H and O–H groups in total. The summed E-state index contributed by atoms with van der Waals surface area (Å²) in [6.07, 6.45) is 0. The molecule has 0 aromatic carbocycles. The molecule has 0 radical (unpaired) electrons. The summed E-state index contributed by atoms with van der Waals surface area (Å²) in [5.74, 6) is 2.37. The minimum atomic E-state index is 0.688. The third kappa shape index (κ3) is 2.11. The first-order chi connectivity index (χ1) is 9.54. The van der Waals surface area contributed by atoms with Crippen LogP contribution in [0, 0.1) is 20.8 Å². The summed E-state index contributed by atoms with van der Waals surface area (Å²) < 4.78 is 6.73. The molecule has 0 fully saturated rings. The zero-order valence-corrected chi connectivity index (χ0v) is 12.0. The van der Waals surface area contributed by atoms with Crippen molar-refractivity contribution < 1.29 is 4.52 Å². The number of rotatable bonds is 3. The third-order valence-corrected chi connectivity index (χ3v) is 3.27. The lowest BCUT2D eigenvalue weighted by Gasteiger charge is -2.17. The van der Waals surface area contributed by atoms with E-state index in [4.69, 9.17) is 4.52 Å². The minimum absolute atomic E-state index is 0.688. The Morgan fingerprint density at radius 3 is 2.70 bits per heavy atom. The highest BCUT2D eigenvalue weighted by atomic mass is 16.5. The van der Waals surface area contributed by atoms with Crippen LogP contribution >= 0.6 is 0 Å². The number of hydrogen-bond acceptors (Lipinski definition) is 6. The van der Waals surface area contributed by atoms with E-state index in [9.17, 15) is 0 Å². The van der Waals surface area contributed by atoms with Crippen LogP contribution in [-0.2, 0) is 6.54 Å². The van der Waals surface area contributed by atoms with Crippen LogP contribution in [0.2, 0.25) is 0 Å². The standard InChI is InChI=1S/C13H16N6O/c1-8-11(9(2)20-17-8)7-18(4)13-6-5-12-14-10(3)15-19(12)16-13/h5-6H,7H2,1-4H3. The van der Waals surface area contributed by atoms with Crippen molar-refractivity contribution in [2.45, 2.75) is 27.3 Å². The number of aromatic nitrogens is 5. The fourth-order valence-corrected chi connectivity index (χ4v) is 2.13. The van der Waals surface area contributed by atoms with E-state index in [1.54, 1.807) is 4.63 Å². The molecule has 3 aromatic rings. The topological polar surface area (TPSA) is 72.4 Å². The van der Waals surface area contributed by atoms with Crippen LogP contribution in [0.15, 0.2) is 16.7 Å². The van der Waals surface area contributed by atoms with Crippen LogP contribution < -0.4 is 4.90 Å². The van der Waals surface area contributed by atoms with Crippen LogP contribution in [0.4, 0.5) is 5.82 Å². The van der Waals surface area contributed by atoms with Crippen molar-refractivity contribution >= 4 is 11.5 Å². The van der Waals surface area contributed by atoms with Gasteiger partial charge < -0.3 is 9.42 Å². The molecule has 104 valence electrons. The Hall–Kier alpha value is -2.44. The zero-order chi connectivity index (χ0) is 14.3. The van der Waals surface area contributed by atoms with E-state index in [0.717, 1.165) is 28.5 Å². The Morgan fingerprint density at radius 1 is 1.20 bits per heavy atom. The quantitative estimate of drug-likeness (QED) is 0.722. The minimum Gasteiger partial charge on any atom is -0.361 e. The van der Waals surface area contributed by atoms with Crippen molar-refractivity contribution in [2.24, 2.45) is 0 Å². The largest absolute Gasteiger partial charge is 0.361 e. The van der Waals surface area contributed by atoms with Gasteiger partial charge in [0.25, 0.3) is 0 Å². The molecular formula is C13H16N6O. The third-order valence-electron chi connectivity index (χ3n) is 3.27. The molecule has 0 amide bonds. The predicted octanol–water partition coefficient (Wildman–Crippen LogP) is 1.67. The summed E-state index contributed by atoms with van der Waals surface area (Å²) in [5.41, 5.74) is 2.74. The Bertz CT molecular complexity index is 740. The number of hydrogen-bond donors (Lipinski definition) is 0. The maximum absolute atomic E-state index is 5.18. The molecule has 20 heavy (non-hydrogen) atoms. The van der Waals surface area contributed by atoms with Gasteiger partial charge in [-0.15, -0.1) is 14.8 Å². The average molecular weight is 272 g/mol. The molecule has 3 heterocycles. The second-order valence-corrected chi connectivity index (χ2v) is 4.86. The van der Waals surface area contributed by atoms with E-state index in [2.05, 4.69) is 20.3 Å². The monoisotopic (exact) mass is 272 g/mol. The molecule has 0 spiro atoms. The SMILES string of the molecule is Cc1nc2ccc(N(C)Cc3c(C)noc3C)nn2n1. The van der Waals surface area contributed by atoms with Crippen molar-refractivity contribution in [1.29, 1.82) is 0 Å². The van der Waals surface area contributed by atoms with Crippen molar-refractivity contribution in [3.05, 3.63) is 35.0 Å². The lowest BCUT2D eigenvalue weighted by molar-refractivity contribution is 0.392. The second-order valence-electron chi connectivity index (χ2n) is 4.86. The molecule has 0 aliphatic rings. The normalized spacial score (nSPS) is 11.2. The van der Waals surface area contributed by atoms with Crippen LogP contribution in [0.3, 0.4) is 0 Å². The number of aryl methyl sites for hydroxylation is 3. The number of nitrogens with zero attached hydrogens (tertiary/aromatic N) is 6. The van der Waals surface area contributed by atoms with Crippen LogP contribution in [-0.4, -0.2) is 32.0 Å². The van der Waals surface area contributed by atoms with Crippen molar-refractivity contribution in [1.82, 2.24) is 25.0 Å². The summed E-state index contributed by atoms with van der Waals surface area (Å²) >= 11 is 0. The summed E-state index contributed by atoms with van der Waals surface area (Å²) in [7, 11) is 1.98. The lowest BCUT2D eigenvalue weighted by atomic mass is 10.2. The van der Waals surface area contributed by atoms with Gasteiger partial charge in [0.05, 0.1) is 5.69 Å². The Kier molecular flexibility index (Phi) is 2.89. The van der Waals surface area contributed by atoms with Crippen molar-refractivity contribution in [3.63, 3.8) is 0 Å².